The molecule has 2 saturated heterocycles. The Morgan fingerprint density at radius 1 is 0.971 bits per heavy atom. The topological polar surface area (TPSA) is 58.6 Å². The van der Waals surface area contributed by atoms with Gasteiger partial charge in [-0.25, -0.2) is 9.37 Å². The van der Waals surface area contributed by atoms with E-state index in [9.17, 15) is 9.18 Å². The molecule has 5 rings (SSSR count). The number of amides is 1. The first kappa shape index (κ1) is 22.5. The molecule has 3 aromatic rings. The standard InChI is InChI=1S/C27H29FN4O2/c28-23-11-3-4-12-24(23)34-26-25(29-13-14-30-26)21-9-7-17-32(19-21)27(33)22-10-2-1-8-20(22)18-31-15-5-6-16-31/h1-4,8,10-14,21H,5-7,9,15-19H2. The van der Waals surface area contributed by atoms with Gasteiger partial charge < -0.3 is 9.64 Å². The number of carbonyl (C=O) groups excluding carboxylic acids is 1. The van der Waals surface area contributed by atoms with Crippen molar-refractivity contribution < 1.29 is 13.9 Å². The second-order valence-electron chi connectivity index (χ2n) is 9.01. The van der Waals surface area contributed by atoms with E-state index in [-0.39, 0.29) is 17.6 Å². The van der Waals surface area contributed by atoms with Crippen molar-refractivity contribution in [1.82, 2.24) is 19.8 Å². The van der Waals surface area contributed by atoms with E-state index in [1.165, 1.54) is 18.9 Å². The lowest BCUT2D eigenvalue weighted by Crippen LogP contribution is -2.40. The summed E-state index contributed by atoms with van der Waals surface area (Å²) in [6.45, 7) is 4.22. The predicted octanol–water partition coefficient (Wildman–Crippen LogP) is 5.02. The third kappa shape index (κ3) is 4.94. The second kappa shape index (κ2) is 10.3. The van der Waals surface area contributed by atoms with E-state index in [1.807, 2.05) is 23.1 Å². The molecule has 0 aliphatic carbocycles. The summed E-state index contributed by atoms with van der Waals surface area (Å²) in [5.74, 6) is -0.0156. The first-order valence-corrected chi connectivity index (χ1v) is 12.0. The average Bonchev–Trinajstić information content (AvgIpc) is 3.39. The van der Waals surface area contributed by atoms with E-state index in [1.54, 1.807) is 30.6 Å². The number of hydrogen-bond acceptors (Lipinski definition) is 5. The zero-order valence-electron chi connectivity index (χ0n) is 19.2. The number of piperidine rings is 1. The van der Waals surface area contributed by atoms with Crippen molar-refractivity contribution in [3.05, 3.63) is 83.6 Å². The van der Waals surface area contributed by atoms with E-state index >= 15 is 0 Å². The van der Waals surface area contributed by atoms with Crippen LogP contribution in [0.25, 0.3) is 0 Å². The highest BCUT2D eigenvalue weighted by atomic mass is 19.1. The number of nitrogens with zero attached hydrogens (tertiary/aromatic N) is 4. The number of hydrogen-bond donors (Lipinski definition) is 0. The minimum Gasteiger partial charge on any atom is -0.434 e. The third-order valence-electron chi connectivity index (χ3n) is 6.67. The molecule has 2 fully saturated rings. The Morgan fingerprint density at radius 2 is 1.74 bits per heavy atom. The summed E-state index contributed by atoms with van der Waals surface area (Å²) in [6, 6.07) is 14.2. The molecule has 1 aromatic heterocycles. The van der Waals surface area contributed by atoms with Gasteiger partial charge in [0.1, 0.15) is 5.69 Å². The molecule has 1 amide bonds. The lowest BCUT2D eigenvalue weighted by Gasteiger charge is -2.33. The van der Waals surface area contributed by atoms with Crippen LogP contribution < -0.4 is 4.74 Å². The zero-order chi connectivity index (χ0) is 23.3. The maximum atomic E-state index is 14.2. The highest BCUT2D eigenvalue weighted by Crippen LogP contribution is 2.34. The Hall–Kier alpha value is -3.32. The maximum absolute atomic E-state index is 14.2. The first-order valence-electron chi connectivity index (χ1n) is 12.0. The van der Waals surface area contributed by atoms with Gasteiger partial charge in [-0.2, -0.15) is 0 Å². The Kier molecular flexibility index (Phi) is 6.81. The van der Waals surface area contributed by atoms with E-state index in [4.69, 9.17) is 4.74 Å². The smallest absolute Gasteiger partial charge is 0.254 e. The van der Waals surface area contributed by atoms with Crippen LogP contribution in [0.4, 0.5) is 4.39 Å². The third-order valence-corrected chi connectivity index (χ3v) is 6.67. The van der Waals surface area contributed by atoms with Crippen LogP contribution in [-0.4, -0.2) is 51.9 Å². The molecule has 7 heteroatoms. The normalized spacial score (nSPS) is 18.7. The van der Waals surface area contributed by atoms with Gasteiger partial charge in [-0.3, -0.25) is 14.7 Å². The van der Waals surface area contributed by atoms with Crippen LogP contribution in [0.1, 0.15) is 53.2 Å². The van der Waals surface area contributed by atoms with Crippen LogP contribution in [0.2, 0.25) is 0 Å². The van der Waals surface area contributed by atoms with Crippen LogP contribution in [0.5, 0.6) is 11.6 Å². The van der Waals surface area contributed by atoms with Gasteiger partial charge in [-0.05, 0) is 62.5 Å². The molecule has 34 heavy (non-hydrogen) atoms. The molecule has 6 nitrogen and oxygen atoms in total. The summed E-state index contributed by atoms with van der Waals surface area (Å²) in [5.41, 5.74) is 2.52. The summed E-state index contributed by atoms with van der Waals surface area (Å²) in [5, 5.41) is 0. The highest BCUT2D eigenvalue weighted by molar-refractivity contribution is 5.95. The average molecular weight is 461 g/mol. The largest absolute Gasteiger partial charge is 0.434 e. The number of rotatable bonds is 6. The van der Waals surface area contributed by atoms with E-state index in [2.05, 4.69) is 20.9 Å². The maximum Gasteiger partial charge on any atom is 0.254 e. The van der Waals surface area contributed by atoms with Crippen molar-refractivity contribution in [2.24, 2.45) is 0 Å². The fraction of sp³-hybridized carbons (Fsp3) is 0.370. The van der Waals surface area contributed by atoms with Gasteiger partial charge in [0.2, 0.25) is 5.88 Å². The molecule has 0 N–H and O–H groups in total. The Labute approximate surface area is 199 Å². The number of benzene rings is 2. The second-order valence-corrected chi connectivity index (χ2v) is 9.01. The quantitative estimate of drug-likeness (QED) is 0.517. The van der Waals surface area contributed by atoms with E-state index < -0.39 is 5.82 Å². The van der Waals surface area contributed by atoms with Crippen LogP contribution in [0.3, 0.4) is 0 Å². The van der Waals surface area contributed by atoms with E-state index in [0.29, 0.717) is 24.7 Å². The van der Waals surface area contributed by atoms with Gasteiger partial charge in [0.05, 0.1) is 0 Å². The Balaban J connectivity index is 1.34. The van der Waals surface area contributed by atoms with Crippen molar-refractivity contribution in [3.63, 3.8) is 0 Å². The molecular weight excluding hydrogens is 431 g/mol. The Morgan fingerprint density at radius 3 is 2.59 bits per heavy atom. The van der Waals surface area contributed by atoms with Crippen molar-refractivity contribution in [1.29, 1.82) is 0 Å². The number of para-hydroxylation sites is 1. The van der Waals surface area contributed by atoms with Crippen molar-refractivity contribution in [2.45, 2.75) is 38.1 Å². The lowest BCUT2D eigenvalue weighted by atomic mass is 9.93. The fourth-order valence-corrected chi connectivity index (χ4v) is 4.93. The highest BCUT2D eigenvalue weighted by Gasteiger charge is 2.30. The molecule has 2 aliphatic heterocycles. The van der Waals surface area contributed by atoms with Crippen LogP contribution in [0.15, 0.2) is 60.9 Å². The minimum atomic E-state index is -0.450. The fourth-order valence-electron chi connectivity index (χ4n) is 4.93. The molecule has 2 aromatic carbocycles. The summed E-state index contributed by atoms with van der Waals surface area (Å²) >= 11 is 0. The number of carbonyl (C=O) groups is 1. The van der Waals surface area contributed by atoms with Crippen LogP contribution in [-0.2, 0) is 6.54 Å². The van der Waals surface area contributed by atoms with Gasteiger partial charge in [-0.15, -0.1) is 0 Å². The van der Waals surface area contributed by atoms with Crippen molar-refractivity contribution in [3.8, 4) is 11.6 Å². The molecule has 176 valence electrons. The summed E-state index contributed by atoms with van der Waals surface area (Å²) < 4.78 is 20.0. The molecular formula is C27H29FN4O2. The SMILES string of the molecule is O=C(c1ccccc1CN1CCCC1)N1CCCC(c2nccnc2Oc2ccccc2F)C1. The monoisotopic (exact) mass is 460 g/mol. The van der Waals surface area contributed by atoms with Gasteiger partial charge in [0.15, 0.2) is 11.6 Å². The molecule has 1 atom stereocenters. The Bertz CT molecular complexity index is 1150. The molecule has 0 saturated carbocycles. The molecule has 0 bridgehead atoms. The molecule has 3 heterocycles. The lowest BCUT2D eigenvalue weighted by molar-refractivity contribution is 0.0702. The molecule has 0 radical (unpaired) electrons. The van der Waals surface area contributed by atoms with E-state index in [0.717, 1.165) is 43.6 Å². The number of likely N-dealkylation sites (tertiary alicyclic amines) is 2. The van der Waals surface area contributed by atoms with Crippen molar-refractivity contribution >= 4 is 5.91 Å². The van der Waals surface area contributed by atoms with Gasteiger partial charge in [-0.1, -0.05) is 30.3 Å². The summed E-state index contributed by atoms with van der Waals surface area (Å²) in [4.78, 5) is 26.8. The minimum absolute atomic E-state index is 0.0288. The molecule has 0 spiro atoms. The zero-order valence-corrected chi connectivity index (χ0v) is 19.2. The van der Waals surface area contributed by atoms with Crippen LogP contribution in [0, 0.1) is 5.82 Å². The van der Waals surface area contributed by atoms with Gasteiger partial charge in [0.25, 0.3) is 5.91 Å². The first-order chi connectivity index (χ1) is 16.7. The summed E-state index contributed by atoms with van der Waals surface area (Å²) in [7, 11) is 0. The van der Waals surface area contributed by atoms with Crippen molar-refractivity contribution in [2.75, 3.05) is 26.2 Å². The number of halogens is 1. The number of ether oxygens (including phenoxy) is 1. The van der Waals surface area contributed by atoms with Gasteiger partial charge >= 0.3 is 0 Å². The van der Waals surface area contributed by atoms with Crippen LogP contribution >= 0.6 is 0 Å². The van der Waals surface area contributed by atoms with Gasteiger partial charge in [0, 0.05) is 43.5 Å². The molecule has 1 unspecified atom stereocenters. The summed E-state index contributed by atoms with van der Waals surface area (Å²) in [6.07, 6.45) is 7.33. The number of aromatic nitrogens is 2. The molecule has 2 aliphatic rings. The predicted molar refractivity (Wildman–Crippen MR) is 127 cm³/mol.